The third-order valence-electron chi connectivity index (χ3n) is 3.87. The van der Waals surface area contributed by atoms with Crippen molar-refractivity contribution in [2.45, 2.75) is 26.5 Å². The van der Waals surface area contributed by atoms with Gasteiger partial charge in [0, 0.05) is 11.1 Å². The van der Waals surface area contributed by atoms with Crippen molar-refractivity contribution in [2.24, 2.45) is 0 Å². The van der Waals surface area contributed by atoms with Crippen LogP contribution in [0.4, 0.5) is 14.5 Å². The highest BCUT2D eigenvalue weighted by Gasteiger charge is 2.18. The number of hydrogen-bond donors (Lipinski definition) is 1. The lowest BCUT2D eigenvalue weighted by molar-refractivity contribution is -0.0498. The van der Waals surface area contributed by atoms with Crippen molar-refractivity contribution in [2.75, 3.05) is 5.32 Å². The van der Waals surface area contributed by atoms with E-state index in [2.05, 4.69) is 15.2 Å². The zero-order valence-electron chi connectivity index (χ0n) is 14.6. The van der Waals surface area contributed by atoms with Gasteiger partial charge in [0.25, 0.3) is 11.5 Å². The van der Waals surface area contributed by atoms with E-state index in [-0.39, 0.29) is 23.0 Å². The number of carbonyl (C=O) groups excluding carboxylic acids is 1. The molecule has 6 nitrogen and oxygen atoms in total. The molecule has 0 atom stereocenters. The first-order chi connectivity index (χ1) is 12.9. The largest absolute Gasteiger partial charge is 0.435 e. The zero-order valence-corrected chi connectivity index (χ0v) is 14.6. The molecule has 1 heterocycles. The van der Waals surface area contributed by atoms with Gasteiger partial charge in [-0.2, -0.15) is 13.9 Å². The number of halogens is 2. The number of benzene rings is 2. The van der Waals surface area contributed by atoms with Crippen LogP contribution < -0.4 is 15.6 Å². The molecule has 0 radical (unpaired) electrons. The second kappa shape index (κ2) is 7.53. The summed E-state index contributed by atoms with van der Waals surface area (Å²) in [5, 5.41) is 7.71. The van der Waals surface area contributed by atoms with E-state index in [9.17, 15) is 18.4 Å². The number of anilines is 1. The summed E-state index contributed by atoms with van der Waals surface area (Å²) in [5.41, 5.74) is 0.215. The summed E-state index contributed by atoms with van der Waals surface area (Å²) in [4.78, 5) is 25.3. The maximum atomic E-state index is 12.7. The summed E-state index contributed by atoms with van der Waals surface area (Å²) < 4.78 is 30.0. The monoisotopic (exact) mass is 373 g/mol. The number of hydrogen-bond acceptors (Lipinski definition) is 4. The van der Waals surface area contributed by atoms with Gasteiger partial charge in [-0.3, -0.25) is 9.59 Å². The number of nitrogens with one attached hydrogen (secondary N) is 1. The van der Waals surface area contributed by atoms with Crippen LogP contribution in [0.15, 0.2) is 53.3 Å². The molecular formula is C19H17F2N3O3. The normalized spacial score (nSPS) is 11.2. The van der Waals surface area contributed by atoms with Crippen LogP contribution in [-0.4, -0.2) is 22.3 Å². The summed E-state index contributed by atoms with van der Waals surface area (Å²) in [7, 11) is 0. The molecule has 8 heteroatoms. The lowest BCUT2D eigenvalue weighted by Crippen LogP contribution is -2.28. The molecular weight excluding hydrogens is 356 g/mol. The third kappa shape index (κ3) is 3.94. The maximum absolute atomic E-state index is 12.7. The van der Waals surface area contributed by atoms with Crippen molar-refractivity contribution in [3.8, 4) is 5.75 Å². The van der Waals surface area contributed by atoms with Crippen LogP contribution >= 0.6 is 0 Å². The van der Waals surface area contributed by atoms with Crippen molar-refractivity contribution in [1.29, 1.82) is 0 Å². The van der Waals surface area contributed by atoms with E-state index in [0.29, 0.717) is 16.5 Å². The second-order valence-corrected chi connectivity index (χ2v) is 6.09. The van der Waals surface area contributed by atoms with Gasteiger partial charge < -0.3 is 10.1 Å². The van der Waals surface area contributed by atoms with Gasteiger partial charge in [-0.05, 0) is 44.2 Å². The fourth-order valence-corrected chi connectivity index (χ4v) is 2.63. The lowest BCUT2D eigenvalue weighted by Gasteiger charge is -2.13. The molecule has 0 fully saturated rings. The van der Waals surface area contributed by atoms with E-state index in [0.717, 1.165) is 0 Å². The number of fused-ring (bicyclic) bond motifs is 1. The Morgan fingerprint density at radius 3 is 2.30 bits per heavy atom. The molecule has 0 unspecified atom stereocenters. The van der Waals surface area contributed by atoms with Crippen LogP contribution in [0.25, 0.3) is 10.8 Å². The van der Waals surface area contributed by atoms with Gasteiger partial charge in [0.1, 0.15) is 5.75 Å². The lowest BCUT2D eigenvalue weighted by atomic mass is 10.1. The predicted molar refractivity (Wildman–Crippen MR) is 97.4 cm³/mol. The molecule has 1 amide bonds. The van der Waals surface area contributed by atoms with Crippen molar-refractivity contribution in [3.05, 3.63) is 64.6 Å². The number of alkyl halides is 2. The average Bonchev–Trinajstić information content (AvgIpc) is 2.63. The van der Waals surface area contributed by atoms with Gasteiger partial charge in [0.15, 0.2) is 5.69 Å². The van der Waals surface area contributed by atoms with Gasteiger partial charge in [-0.1, -0.05) is 18.2 Å². The zero-order chi connectivity index (χ0) is 19.6. The van der Waals surface area contributed by atoms with Crippen molar-refractivity contribution in [3.63, 3.8) is 0 Å². The number of ether oxygens (including phenoxy) is 1. The number of aromatic nitrogens is 2. The van der Waals surface area contributed by atoms with Crippen LogP contribution in [0.2, 0.25) is 0 Å². The summed E-state index contributed by atoms with van der Waals surface area (Å²) in [6, 6.07) is 12.0. The Labute approximate surface area is 153 Å². The molecule has 1 N–H and O–H groups in total. The van der Waals surface area contributed by atoms with E-state index in [1.54, 1.807) is 38.1 Å². The highest BCUT2D eigenvalue weighted by atomic mass is 19.3. The number of amides is 1. The summed E-state index contributed by atoms with van der Waals surface area (Å²) in [6.45, 7) is 0.678. The van der Waals surface area contributed by atoms with Crippen molar-refractivity contribution in [1.82, 2.24) is 9.78 Å². The number of nitrogens with zero attached hydrogens (tertiary/aromatic N) is 2. The number of carbonyl (C=O) groups is 1. The second-order valence-electron chi connectivity index (χ2n) is 6.09. The highest BCUT2D eigenvalue weighted by molar-refractivity contribution is 6.11. The van der Waals surface area contributed by atoms with Crippen LogP contribution in [0.3, 0.4) is 0 Å². The molecule has 140 valence electrons. The van der Waals surface area contributed by atoms with E-state index < -0.39 is 12.5 Å². The fourth-order valence-electron chi connectivity index (χ4n) is 2.63. The van der Waals surface area contributed by atoms with Gasteiger partial charge in [-0.25, -0.2) is 4.68 Å². The van der Waals surface area contributed by atoms with Gasteiger partial charge in [-0.15, -0.1) is 0 Å². The molecule has 2 aromatic carbocycles. The fraction of sp³-hybridized carbons (Fsp3) is 0.211. The van der Waals surface area contributed by atoms with Gasteiger partial charge in [0.05, 0.1) is 11.4 Å². The molecule has 0 saturated carbocycles. The molecule has 3 aromatic rings. The van der Waals surface area contributed by atoms with E-state index in [1.807, 2.05) is 0 Å². The Hall–Kier alpha value is -3.29. The first-order valence-corrected chi connectivity index (χ1v) is 8.24. The van der Waals surface area contributed by atoms with E-state index in [4.69, 9.17) is 0 Å². The van der Waals surface area contributed by atoms with Crippen LogP contribution in [0.5, 0.6) is 5.75 Å². The molecule has 0 saturated heterocycles. The van der Waals surface area contributed by atoms with Gasteiger partial charge >= 0.3 is 6.61 Å². The SMILES string of the molecule is CC(C)n1nc(C(=O)Nc2ccc(OC(F)F)cc2)c2ccccc2c1=O. The van der Waals surface area contributed by atoms with E-state index in [1.165, 1.54) is 28.9 Å². The summed E-state index contributed by atoms with van der Waals surface area (Å²) >= 11 is 0. The molecule has 3 rings (SSSR count). The Morgan fingerprint density at radius 2 is 1.70 bits per heavy atom. The number of rotatable bonds is 5. The Morgan fingerprint density at radius 1 is 1.07 bits per heavy atom. The van der Waals surface area contributed by atoms with Gasteiger partial charge in [0.2, 0.25) is 0 Å². The highest BCUT2D eigenvalue weighted by Crippen LogP contribution is 2.20. The first-order valence-electron chi connectivity index (χ1n) is 8.24. The minimum absolute atomic E-state index is 0.0140. The first kappa shape index (κ1) is 18.5. The van der Waals surface area contributed by atoms with Crippen LogP contribution in [-0.2, 0) is 0 Å². The molecule has 1 aromatic heterocycles. The summed E-state index contributed by atoms with van der Waals surface area (Å²) in [5.74, 6) is -0.525. The molecule has 0 spiro atoms. The maximum Gasteiger partial charge on any atom is 0.387 e. The molecule has 0 bridgehead atoms. The predicted octanol–water partition coefficient (Wildman–Crippen LogP) is 3.83. The van der Waals surface area contributed by atoms with E-state index >= 15 is 0 Å². The topological polar surface area (TPSA) is 73.2 Å². The molecule has 0 aliphatic carbocycles. The standard InChI is InChI=1S/C19H17F2N3O3/c1-11(2)24-18(26)15-6-4-3-5-14(15)16(23-24)17(25)22-12-7-9-13(10-8-12)27-19(20)21/h3-11,19H,1-2H3,(H,22,25). The smallest absolute Gasteiger partial charge is 0.387 e. The Kier molecular flexibility index (Phi) is 5.16. The third-order valence-corrected chi connectivity index (χ3v) is 3.87. The molecule has 0 aliphatic rings. The minimum Gasteiger partial charge on any atom is -0.435 e. The Bertz CT molecular complexity index is 1030. The molecule has 27 heavy (non-hydrogen) atoms. The van der Waals surface area contributed by atoms with Crippen LogP contribution in [0, 0.1) is 0 Å². The summed E-state index contributed by atoms with van der Waals surface area (Å²) in [6.07, 6.45) is 0. The Balaban J connectivity index is 1.96. The average molecular weight is 373 g/mol. The minimum atomic E-state index is -2.92. The van der Waals surface area contributed by atoms with Crippen LogP contribution in [0.1, 0.15) is 30.4 Å². The van der Waals surface area contributed by atoms with Crippen molar-refractivity contribution >= 4 is 22.4 Å². The van der Waals surface area contributed by atoms with Crippen molar-refractivity contribution < 1.29 is 18.3 Å². The quantitative estimate of drug-likeness (QED) is 0.738. The molecule has 0 aliphatic heterocycles.